The van der Waals surface area contributed by atoms with Crippen molar-refractivity contribution in [3.63, 3.8) is 0 Å². The Hall–Kier alpha value is -2.03. The van der Waals surface area contributed by atoms with Gasteiger partial charge in [-0.25, -0.2) is 9.50 Å². The van der Waals surface area contributed by atoms with E-state index in [4.69, 9.17) is 14.6 Å². The number of nitrogens with zero attached hydrogens (tertiary/aromatic N) is 3. The zero-order valence-corrected chi connectivity index (χ0v) is 14.7. The Morgan fingerprint density at radius 2 is 2.19 bits per heavy atom. The molecule has 0 radical (unpaired) electrons. The molecule has 2 fully saturated rings. The minimum atomic E-state index is -0.160. The Morgan fingerprint density at radius 3 is 3.00 bits per heavy atom. The fraction of sp³-hybridized carbons (Fsp3) is 0.611. The van der Waals surface area contributed by atoms with Crippen LogP contribution in [0.3, 0.4) is 0 Å². The minimum absolute atomic E-state index is 0.0539. The van der Waals surface area contributed by atoms with Gasteiger partial charge in [-0.15, -0.1) is 0 Å². The van der Waals surface area contributed by atoms with Crippen LogP contribution in [0.2, 0.25) is 0 Å². The summed E-state index contributed by atoms with van der Waals surface area (Å²) in [4.78, 5) is 17.1. The number of ether oxygens (including phenoxy) is 2. The van der Waals surface area contributed by atoms with Gasteiger partial charge in [0, 0.05) is 44.9 Å². The number of fused-ring (bicyclic) bond motifs is 1. The molecule has 140 valence electrons. The van der Waals surface area contributed by atoms with Crippen LogP contribution in [0.4, 0.5) is 0 Å². The molecule has 2 saturated heterocycles. The van der Waals surface area contributed by atoms with Gasteiger partial charge in [0.05, 0.1) is 11.8 Å². The van der Waals surface area contributed by atoms with Crippen LogP contribution < -0.4 is 5.32 Å². The summed E-state index contributed by atoms with van der Waals surface area (Å²) in [5.41, 5.74) is 1.71. The van der Waals surface area contributed by atoms with Gasteiger partial charge in [-0.3, -0.25) is 4.79 Å². The maximum Gasteiger partial charge on any atom is 0.256 e. The van der Waals surface area contributed by atoms with Gasteiger partial charge in [-0.05, 0) is 37.7 Å². The second kappa shape index (κ2) is 7.30. The molecule has 4 rings (SSSR count). The Bertz CT molecular complexity index is 779. The van der Waals surface area contributed by atoms with Crippen LogP contribution in [0.1, 0.15) is 41.6 Å². The first kappa shape index (κ1) is 17.4. The SMILES string of the molecule is O=C(N[C@@H]1CCOC2(CCOCC2)C1)c1cnn2cc(CCO)cnc12. The number of aromatic nitrogens is 3. The first-order chi connectivity index (χ1) is 12.7. The van der Waals surface area contributed by atoms with Crippen LogP contribution in [0, 0.1) is 0 Å². The molecule has 2 aromatic heterocycles. The van der Waals surface area contributed by atoms with Gasteiger partial charge >= 0.3 is 0 Å². The average Bonchev–Trinajstić information content (AvgIpc) is 3.06. The third-order valence-electron chi connectivity index (χ3n) is 5.29. The molecule has 4 heterocycles. The second-order valence-corrected chi connectivity index (χ2v) is 7.07. The maximum absolute atomic E-state index is 12.8. The third kappa shape index (κ3) is 3.44. The average molecular weight is 360 g/mol. The Kier molecular flexibility index (Phi) is 4.88. The Labute approximate surface area is 151 Å². The molecule has 0 saturated carbocycles. The lowest BCUT2D eigenvalue weighted by Crippen LogP contribution is -2.51. The molecular formula is C18H24N4O4. The number of aliphatic hydroxyl groups is 1. The lowest BCUT2D eigenvalue weighted by atomic mass is 9.84. The number of carbonyl (C=O) groups is 1. The second-order valence-electron chi connectivity index (χ2n) is 7.07. The summed E-state index contributed by atoms with van der Waals surface area (Å²) < 4.78 is 13.1. The lowest BCUT2D eigenvalue weighted by molar-refractivity contribution is -0.139. The zero-order valence-electron chi connectivity index (χ0n) is 14.7. The van der Waals surface area contributed by atoms with Crippen molar-refractivity contribution in [1.29, 1.82) is 0 Å². The first-order valence-corrected chi connectivity index (χ1v) is 9.15. The fourth-order valence-electron chi connectivity index (χ4n) is 3.84. The number of rotatable bonds is 4. The van der Waals surface area contributed by atoms with E-state index in [2.05, 4.69) is 15.4 Å². The normalized spacial score (nSPS) is 22.6. The number of aliphatic hydroxyl groups excluding tert-OH is 1. The van der Waals surface area contributed by atoms with Crippen molar-refractivity contribution in [3.05, 3.63) is 29.7 Å². The standard InChI is InChI=1S/C18H24N4O4/c23-5-1-13-10-19-16-15(11-20-22(16)12-13)17(24)21-14-2-6-26-18(9-14)3-7-25-8-4-18/h10-12,14,23H,1-9H2,(H,21,24)/t14-/m1/s1. The number of nitrogens with one attached hydrogen (secondary N) is 1. The van der Waals surface area contributed by atoms with Crippen molar-refractivity contribution >= 4 is 11.6 Å². The highest BCUT2D eigenvalue weighted by Crippen LogP contribution is 2.34. The van der Waals surface area contributed by atoms with E-state index >= 15 is 0 Å². The van der Waals surface area contributed by atoms with Crippen LogP contribution in [0.5, 0.6) is 0 Å². The smallest absolute Gasteiger partial charge is 0.256 e. The van der Waals surface area contributed by atoms with Crippen LogP contribution >= 0.6 is 0 Å². The Balaban J connectivity index is 1.47. The molecule has 8 nitrogen and oxygen atoms in total. The maximum atomic E-state index is 12.8. The molecule has 0 aliphatic carbocycles. The van der Waals surface area contributed by atoms with Crippen molar-refractivity contribution < 1.29 is 19.4 Å². The summed E-state index contributed by atoms with van der Waals surface area (Å²) in [5.74, 6) is -0.156. The molecule has 1 amide bonds. The molecule has 0 aromatic carbocycles. The minimum Gasteiger partial charge on any atom is -0.396 e. The number of carbonyl (C=O) groups excluding carboxylic acids is 1. The van der Waals surface area contributed by atoms with Gasteiger partial charge in [0.1, 0.15) is 5.56 Å². The quantitative estimate of drug-likeness (QED) is 0.834. The highest BCUT2D eigenvalue weighted by Gasteiger charge is 2.39. The number of hydrogen-bond donors (Lipinski definition) is 2. The zero-order chi connectivity index (χ0) is 18.0. The fourth-order valence-corrected chi connectivity index (χ4v) is 3.84. The van der Waals surface area contributed by atoms with E-state index < -0.39 is 0 Å². The topological polar surface area (TPSA) is 98.0 Å². The van der Waals surface area contributed by atoms with Crippen molar-refractivity contribution in [3.8, 4) is 0 Å². The molecule has 0 unspecified atom stereocenters. The van der Waals surface area contributed by atoms with E-state index in [0.717, 1.165) is 44.5 Å². The van der Waals surface area contributed by atoms with Gasteiger partial charge in [-0.1, -0.05) is 0 Å². The largest absolute Gasteiger partial charge is 0.396 e. The first-order valence-electron chi connectivity index (χ1n) is 9.15. The summed E-state index contributed by atoms with van der Waals surface area (Å²) >= 11 is 0. The van der Waals surface area contributed by atoms with Gasteiger partial charge in [0.2, 0.25) is 0 Å². The molecule has 2 aliphatic heterocycles. The molecule has 1 spiro atoms. The van der Waals surface area contributed by atoms with E-state index in [-0.39, 0.29) is 24.2 Å². The molecule has 1 atom stereocenters. The predicted octanol–water partition coefficient (Wildman–Crippen LogP) is 0.722. The van der Waals surface area contributed by atoms with E-state index in [1.807, 2.05) is 0 Å². The van der Waals surface area contributed by atoms with Crippen molar-refractivity contribution in [2.45, 2.75) is 43.7 Å². The van der Waals surface area contributed by atoms with Gasteiger partial charge in [0.25, 0.3) is 5.91 Å². The summed E-state index contributed by atoms with van der Waals surface area (Å²) in [5, 5.41) is 16.4. The third-order valence-corrected chi connectivity index (χ3v) is 5.29. The summed E-state index contributed by atoms with van der Waals surface area (Å²) in [6.07, 6.45) is 8.91. The van der Waals surface area contributed by atoms with Gasteiger partial charge in [-0.2, -0.15) is 5.10 Å². The van der Waals surface area contributed by atoms with Gasteiger partial charge < -0.3 is 19.9 Å². The number of amides is 1. The molecule has 2 aromatic rings. The monoisotopic (exact) mass is 360 g/mol. The summed E-state index contributed by atoms with van der Waals surface area (Å²) in [6, 6.07) is 0.0814. The van der Waals surface area contributed by atoms with Gasteiger partial charge in [0.15, 0.2) is 5.65 Å². The van der Waals surface area contributed by atoms with E-state index in [9.17, 15) is 4.79 Å². The molecule has 2 aliphatic rings. The predicted molar refractivity (Wildman–Crippen MR) is 93.0 cm³/mol. The van der Waals surface area contributed by atoms with Crippen LogP contribution in [0.25, 0.3) is 5.65 Å². The van der Waals surface area contributed by atoms with E-state index in [0.29, 0.717) is 24.2 Å². The van der Waals surface area contributed by atoms with Crippen molar-refractivity contribution in [2.24, 2.45) is 0 Å². The molecule has 26 heavy (non-hydrogen) atoms. The molecule has 8 heteroatoms. The Morgan fingerprint density at radius 1 is 1.35 bits per heavy atom. The molecule has 0 bridgehead atoms. The highest BCUT2D eigenvalue weighted by atomic mass is 16.5. The van der Waals surface area contributed by atoms with E-state index in [1.165, 1.54) is 0 Å². The van der Waals surface area contributed by atoms with E-state index in [1.54, 1.807) is 23.1 Å². The highest BCUT2D eigenvalue weighted by molar-refractivity contribution is 5.99. The lowest BCUT2D eigenvalue weighted by Gasteiger charge is -2.43. The van der Waals surface area contributed by atoms with Crippen molar-refractivity contribution in [1.82, 2.24) is 19.9 Å². The molecule has 2 N–H and O–H groups in total. The summed E-state index contributed by atoms with van der Waals surface area (Å²) in [6.45, 7) is 2.14. The molecular weight excluding hydrogens is 336 g/mol. The number of hydrogen-bond acceptors (Lipinski definition) is 6. The van der Waals surface area contributed by atoms with Crippen LogP contribution in [-0.2, 0) is 15.9 Å². The summed E-state index contributed by atoms with van der Waals surface area (Å²) in [7, 11) is 0. The van der Waals surface area contributed by atoms with Crippen LogP contribution in [-0.4, -0.2) is 63.7 Å². The van der Waals surface area contributed by atoms with Crippen LogP contribution in [0.15, 0.2) is 18.6 Å². The van der Waals surface area contributed by atoms with Crippen molar-refractivity contribution in [2.75, 3.05) is 26.4 Å².